The van der Waals surface area contributed by atoms with E-state index in [4.69, 9.17) is 13.6 Å². The highest BCUT2D eigenvalue weighted by atomic mass is 16.6. The second kappa shape index (κ2) is 9.82. The summed E-state index contributed by atoms with van der Waals surface area (Å²) in [6.07, 6.45) is 5.30. The van der Waals surface area contributed by atoms with Crippen LogP contribution in [0, 0.1) is 5.92 Å². The summed E-state index contributed by atoms with van der Waals surface area (Å²) in [6.45, 7) is 7.88. The number of likely N-dealkylation sites (tertiary alicyclic amines) is 1. The number of nitrogens with one attached hydrogen (secondary N) is 1. The molecule has 2 aliphatic heterocycles. The first kappa shape index (κ1) is 23.1. The number of carbonyl (C=O) groups is 2. The molecule has 0 saturated carbocycles. The normalized spacial score (nSPS) is 21.7. The van der Waals surface area contributed by atoms with Crippen LogP contribution in [0.4, 0.5) is 4.79 Å². The second-order valence-corrected chi connectivity index (χ2v) is 9.62. The molecule has 9 nitrogen and oxygen atoms in total. The van der Waals surface area contributed by atoms with Gasteiger partial charge in [-0.25, -0.2) is 9.80 Å². The molecule has 2 aliphatic rings. The third kappa shape index (κ3) is 6.04. The highest BCUT2D eigenvalue weighted by Crippen LogP contribution is 2.33. The molecule has 1 N–H and O–H groups in total. The monoisotopic (exact) mass is 456 g/mol. The van der Waals surface area contributed by atoms with Crippen LogP contribution in [0.15, 0.2) is 50.7 Å². The highest BCUT2D eigenvalue weighted by molar-refractivity contribution is 6.01. The van der Waals surface area contributed by atoms with Crippen molar-refractivity contribution >= 4 is 17.7 Å². The molecule has 178 valence electrons. The fraction of sp³-hybridized carbons (Fsp3) is 0.542. The number of hydrazone groups is 1. The molecule has 1 saturated heterocycles. The lowest BCUT2D eigenvalue weighted by molar-refractivity contribution is -0.135. The summed E-state index contributed by atoms with van der Waals surface area (Å²) in [4.78, 5) is 27.4. The van der Waals surface area contributed by atoms with Gasteiger partial charge in [-0.1, -0.05) is 0 Å². The number of carbonyl (C=O) groups excluding carboxylic acids is 2. The first-order valence-electron chi connectivity index (χ1n) is 11.4. The van der Waals surface area contributed by atoms with Crippen molar-refractivity contribution < 1.29 is 23.2 Å². The van der Waals surface area contributed by atoms with E-state index in [9.17, 15) is 9.59 Å². The van der Waals surface area contributed by atoms with Gasteiger partial charge < -0.3 is 18.9 Å². The fourth-order valence-electron chi connectivity index (χ4n) is 4.30. The summed E-state index contributed by atoms with van der Waals surface area (Å²) >= 11 is 0. The average Bonchev–Trinajstić information content (AvgIpc) is 3.52. The zero-order valence-corrected chi connectivity index (χ0v) is 19.5. The first-order valence-corrected chi connectivity index (χ1v) is 11.4. The molecule has 2 atom stereocenters. The molecule has 0 bridgehead atoms. The standard InChI is InChI=1S/C24H32N4O5/c1-24(2,3)33-23(30)25-14-17-7-4-10-27(15-17)16-22(29)28-19(21-9-6-12-32-21)13-18(26-28)20-8-5-11-31-20/h5-6,8-9,11-12,17,19H,4,7,10,13-16H2,1-3H3,(H,25,30). The summed E-state index contributed by atoms with van der Waals surface area (Å²) in [7, 11) is 0. The SMILES string of the molecule is CC(C)(C)OC(=O)NCC1CCCN(CC(=O)N2N=C(c3ccco3)CC2c2ccco2)C1. The maximum absolute atomic E-state index is 13.3. The number of hydrogen-bond acceptors (Lipinski definition) is 7. The second-order valence-electron chi connectivity index (χ2n) is 9.62. The van der Waals surface area contributed by atoms with Gasteiger partial charge in [-0.3, -0.25) is 9.69 Å². The minimum Gasteiger partial charge on any atom is -0.467 e. The van der Waals surface area contributed by atoms with Crippen LogP contribution in [0.25, 0.3) is 0 Å². The van der Waals surface area contributed by atoms with Gasteiger partial charge in [0.1, 0.15) is 28.9 Å². The summed E-state index contributed by atoms with van der Waals surface area (Å²) < 4.78 is 16.4. The number of ether oxygens (including phenoxy) is 1. The summed E-state index contributed by atoms with van der Waals surface area (Å²) in [6, 6.07) is 7.05. The lowest BCUT2D eigenvalue weighted by Crippen LogP contribution is -2.45. The van der Waals surface area contributed by atoms with Gasteiger partial charge >= 0.3 is 6.09 Å². The average molecular weight is 457 g/mol. The predicted molar refractivity (Wildman–Crippen MR) is 122 cm³/mol. The number of nitrogens with zero attached hydrogens (tertiary/aromatic N) is 3. The third-order valence-electron chi connectivity index (χ3n) is 5.74. The maximum atomic E-state index is 13.3. The lowest BCUT2D eigenvalue weighted by atomic mass is 9.98. The Balaban J connectivity index is 1.36. The van der Waals surface area contributed by atoms with E-state index in [1.165, 1.54) is 5.01 Å². The van der Waals surface area contributed by atoms with Gasteiger partial charge in [-0.05, 0) is 70.3 Å². The summed E-state index contributed by atoms with van der Waals surface area (Å²) in [5, 5.41) is 8.98. The summed E-state index contributed by atoms with van der Waals surface area (Å²) in [5.74, 6) is 1.54. The minimum absolute atomic E-state index is 0.0845. The van der Waals surface area contributed by atoms with Crippen molar-refractivity contribution in [3.63, 3.8) is 0 Å². The number of piperidine rings is 1. The molecule has 0 radical (unpaired) electrons. The Bertz CT molecular complexity index is 962. The van der Waals surface area contributed by atoms with Gasteiger partial charge in [0.2, 0.25) is 0 Å². The molecule has 1 fully saturated rings. The van der Waals surface area contributed by atoms with E-state index >= 15 is 0 Å². The zero-order valence-electron chi connectivity index (χ0n) is 19.5. The Morgan fingerprint density at radius 1 is 1.21 bits per heavy atom. The van der Waals surface area contributed by atoms with Crippen LogP contribution in [0.5, 0.6) is 0 Å². The van der Waals surface area contributed by atoms with Crippen molar-refractivity contribution in [3.8, 4) is 0 Å². The molecular formula is C24H32N4O5. The van der Waals surface area contributed by atoms with Gasteiger partial charge in [0.15, 0.2) is 0 Å². The van der Waals surface area contributed by atoms with Crippen molar-refractivity contribution in [2.45, 2.75) is 51.7 Å². The Morgan fingerprint density at radius 3 is 2.70 bits per heavy atom. The molecule has 2 aromatic rings. The number of furan rings is 2. The van der Waals surface area contributed by atoms with Gasteiger partial charge in [-0.15, -0.1) is 0 Å². The molecule has 0 spiro atoms. The molecule has 33 heavy (non-hydrogen) atoms. The quantitative estimate of drug-likeness (QED) is 0.710. The molecule has 2 unspecified atom stereocenters. The van der Waals surface area contributed by atoms with E-state index in [-0.39, 0.29) is 24.4 Å². The first-order chi connectivity index (χ1) is 15.8. The van der Waals surface area contributed by atoms with Crippen LogP contribution in [0.1, 0.15) is 57.6 Å². The highest BCUT2D eigenvalue weighted by Gasteiger charge is 2.36. The van der Waals surface area contributed by atoms with E-state index in [1.54, 1.807) is 12.5 Å². The van der Waals surface area contributed by atoms with Crippen LogP contribution in [-0.2, 0) is 9.53 Å². The molecule has 0 aromatic carbocycles. The molecular weight excluding hydrogens is 424 g/mol. The van der Waals surface area contributed by atoms with Gasteiger partial charge in [0.25, 0.3) is 5.91 Å². The molecule has 2 amide bonds. The molecule has 0 aliphatic carbocycles. The van der Waals surface area contributed by atoms with Crippen molar-refractivity contribution in [3.05, 3.63) is 48.3 Å². The van der Waals surface area contributed by atoms with Crippen LogP contribution in [0.3, 0.4) is 0 Å². The van der Waals surface area contributed by atoms with Crippen LogP contribution >= 0.6 is 0 Å². The van der Waals surface area contributed by atoms with E-state index in [2.05, 4.69) is 15.3 Å². The smallest absolute Gasteiger partial charge is 0.407 e. The number of rotatable bonds is 6. The van der Waals surface area contributed by atoms with Crippen LogP contribution in [-0.4, -0.2) is 59.4 Å². The zero-order chi connectivity index (χ0) is 23.4. The van der Waals surface area contributed by atoms with Crippen molar-refractivity contribution in [1.82, 2.24) is 15.2 Å². The molecule has 4 heterocycles. The van der Waals surface area contributed by atoms with E-state index in [1.807, 2.05) is 45.0 Å². The van der Waals surface area contributed by atoms with Crippen LogP contribution in [0.2, 0.25) is 0 Å². The Labute approximate surface area is 193 Å². The fourth-order valence-corrected chi connectivity index (χ4v) is 4.30. The van der Waals surface area contributed by atoms with Gasteiger partial charge in [0.05, 0.1) is 19.1 Å². The van der Waals surface area contributed by atoms with Crippen molar-refractivity contribution in [2.24, 2.45) is 11.0 Å². The minimum atomic E-state index is -0.523. The van der Waals surface area contributed by atoms with Gasteiger partial charge in [-0.2, -0.15) is 5.10 Å². The van der Waals surface area contributed by atoms with E-state index < -0.39 is 11.7 Å². The van der Waals surface area contributed by atoms with Gasteiger partial charge in [0, 0.05) is 19.5 Å². The maximum Gasteiger partial charge on any atom is 0.407 e. The number of alkyl carbamates (subject to hydrolysis) is 1. The number of amides is 2. The Morgan fingerprint density at radius 2 is 2.00 bits per heavy atom. The topological polar surface area (TPSA) is 101 Å². The van der Waals surface area contributed by atoms with Crippen LogP contribution < -0.4 is 5.32 Å². The largest absolute Gasteiger partial charge is 0.467 e. The number of hydrogen-bond donors (Lipinski definition) is 1. The lowest BCUT2D eigenvalue weighted by Gasteiger charge is -2.33. The molecule has 9 heteroatoms. The van der Waals surface area contributed by atoms with E-state index in [0.717, 1.165) is 31.6 Å². The summed E-state index contributed by atoms with van der Waals surface area (Å²) in [5.41, 5.74) is 0.206. The van der Waals surface area contributed by atoms with Crippen molar-refractivity contribution in [1.29, 1.82) is 0 Å². The predicted octanol–water partition coefficient (Wildman–Crippen LogP) is 3.79. The van der Waals surface area contributed by atoms with Crippen molar-refractivity contribution in [2.75, 3.05) is 26.2 Å². The van der Waals surface area contributed by atoms with E-state index in [0.29, 0.717) is 24.5 Å². The molecule has 2 aromatic heterocycles. The molecule has 4 rings (SSSR count). The Hall–Kier alpha value is -3.07. The third-order valence-corrected chi connectivity index (χ3v) is 5.74. The Kier molecular flexibility index (Phi) is 6.88.